The van der Waals surface area contributed by atoms with Crippen molar-refractivity contribution < 1.29 is 9.21 Å². The van der Waals surface area contributed by atoms with Crippen LogP contribution in [0.3, 0.4) is 0 Å². The molecule has 0 bridgehead atoms. The van der Waals surface area contributed by atoms with Crippen LogP contribution in [0.25, 0.3) is 11.4 Å². The van der Waals surface area contributed by atoms with Crippen LogP contribution in [0.5, 0.6) is 0 Å². The molecule has 0 aliphatic carbocycles. The number of carbonyl (C=O) groups is 1. The van der Waals surface area contributed by atoms with Crippen molar-refractivity contribution in [3.05, 3.63) is 47.4 Å². The lowest BCUT2D eigenvalue weighted by atomic mass is 10.2. The number of nitrogens with zero attached hydrogens (tertiary/aromatic N) is 5. The van der Waals surface area contributed by atoms with E-state index in [1.807, 2.05) is 24.6 Å². The Bertz CT molecular complexity index is 1020. The molecule has 0 radical (unpaired) electrons. The van der Waals surface area contributed by atoms with E-state index in [4.69, 9.17) is 21.3 Å². The largest absolute Gasteiger partial charge is 0.469 e. The number of carbonyl (C=O) groups excluding carboxylic acids is 1. The van der Waals surface area contributed by atoms with Gasteiger partial charge in [-0.2, -0.15) is 5.26 Å². The van der Waals surface area contributed by atoms with Crippen molar-refractivity contribution in [3.8, 4) is 17.5 Å². The summed E-state index contributed by atoms with van der Waals surface area (Å²) in [6, 6.07) is 10.9. The van der Waals surface area contributed by atoms with Crippen LogP contribution < -0.4 is 4.90 Å². The molecular formula is C19H18ClN5O2S. The topological polar surface area (TPSA) is 88.0 Å². The van der Waals surface area contributed by atoms with E-state index >= 15 is 0 Å². The highest BCUT2D eigenvalue weighted by molar-refractivity contribution is 7.99. The molecule has 9 heteroatoms. The Labute approximate surface area is 171 Å². The van der Waals surface area contributed by atoms with Crippen molar-refractivity contribution in [2.75, 3.05) is 17.2 Å². The van der Waals surface area contributed by atoms with Crippen LogP contribution in [0, 0.1) is 18.3 Å². The highest BCUT2D eigenvalue weighted by Crippen LogP contribution is 2.27. The minimum Gasteiger partial charge on any atom is -0.469 e. The van der Waals surface area contributed by atoms with E-state index in [-0.39, 0.29) is 18.1 Å². The molecule has 2 heterocycles. The van der Waals surface area contributed by atoms with Crippen LogP contribution in [0.4, 0.5) is 5.69 Å². The van der Waals surface area contributed by atoms with Crippen LogP contribution in [-0.2, 0) is 11.8 Å². The van der Waals surface area contributed by atoms with E-state index in [2.05, 4.69) is 16.3 Å². The minimum absolute atomic E-state index is 0.133. The summed E-state index contributed by atoms with van der Waals surface area (Å²) in [7, 11) is 1.85. The van der Waals surface area contributed by atoms with Crippen molar-refractivity contribution in [2.45, 2.75) is 18.5 Å². The molecule has 1 amide bonds. The van der Waals surface area contributed by atoms with E-state index in [1.165, 1.54) is 11.8 Å². The molecule has 0 aliphatic rings. The maximum absolute atomic E-state index is 12.8. The molecule has 0 spiro atoms. The maximum Gasteiger partial charge on any atom is 0.237 e. The molecule has 0 saturated heterocycles. The third-order valence-electron chi connectivity index (χ3n) is 4.13. The molecular weight excluding hydrogens is 398 g/mol. The molecule has 0 unspecified atom stereocenters. The number of hydrogen-bond donors (Lipinski definition) is 0. The Hall–Kier alpha value is -2.76. The number of aryl methyl sites for hydroxylation is 1. The van der Waals surface area contributed by atoms with Crippen LogP contribution in [0.2, 0.25) is 5.02 Å². The Kier molecular flexibility index (Phi) is 6.39. The zero-order valence-electron chi connectivity index (χ0n) is 15.4. The zero-order valence-corrected chi connectivity index (χ0v) is 17.0. The number of aromatic nitrogens is 3. The number of amides is 1. The standard InChI is InChI=1S/C19H18ClN5O2S/c1-13-16(7-10-27-13)18-22-23-19(24(18)2)28-12-17(26)25(9-4-8-21)15-6-3-5-14(20)11-15/h3,5-7,10-11H,4,9,12H2,1-2H3. The third kappa shape index (κ3) is 4.38. The van der Waals surface area contributed by atoms with Crippen molar-refractivity contribution in [1.29, 1.82) is 5.26 Å². The molecule has 0 saturated carbocycles. The smallest absolute Gasteiger partial charge is 0.237 e. The number of thioether (sulfide) groups is 1. The molecule has 28 heavy (non-hydrogen) atoms. The van der Waals surface area contributed by atoms with Gasteiger partial charge >= 0.3 is 0 Å². The Balaban J connectivity index is 1.74. The number of rotatable bonds is 7. The number of benzene rings is 1. The fourth-order valence-corrected chi connectivity index (χ4v) is 3.67. The predicted molar refractivity (Wildman–Crippen MR) is 108 cm³/mol. The summed E-state index contributed by atoms with van der Waals surface area (Å²) < 4.78 is 7.15. The Morgan fingerprint density at radius 2 is 2.21 bits per heavy atom. The summed E-state index contributed by atoms with van der Waals surface area (Å²) in [6.45, 7) is 2.16. The molecule has 1 aromatic carbocycles. The second-order valence-corrected chi connectivity index (χ2v) is 7.36. The van der Waals surface area contributed by atoms with Crippen molar-refractivity contribution in [3.63, 3.8) is 0 Å². The van der Waals surface area contributed by atoms with Gasteiger partial charge in [0.05, 0.1) is 30.1 Å². The van der Waals surface area contributed by atoms with Crippen LogP contribution in [0.15, 0.2) is 46.2 Å². The number of nitriles is 1. The summed E-state index contributed by atoms with van der Waals surface area (Å²) in [5, 5.41) is 18.5. The lowest BCUT2D eigenvalue weighted by Crippen LogP contribution is -2.33. The second-order valence-electron chi connectivity index (χ2n) is 5.98. The molecule has 3 aromatic rings. The first-order valence-corrected chi connectivity index (χ1v) is 9.87. The van der Waals surface area contributed by atoms with Gasteiger partial charge in [-0.1, -0.05) is 29.4 Å². The second kappa shape index (κ2) is 8.95. The SMILES string of the molecule is Cc1occc1-c1nnc(SCC(=O)N(CCC#N)c2cccc(Cl)c2)n1C. The van der Waals surface area contributed by atoms with E-state index in [9.17, 15) is 4.79 Å². The zero-order chi connectivity index (χ0) is 20.1. The Morgan fingerprint density at radius 3 is 2.89 bits per heavy atom. The first-order valence-electron chi connectivity index (χ1n) is 8.50. The first kappa shape index (κ1) is 20.0. The third-order valence-corrected chi connectivity index (χ3v) is 5.37. The summed E-state index contributed by atoms with van der Waals surface area (Å²) >= 11 is 7.34. The summed E-state index contributed by atoms with van der Waals surface area (Å²) in [5.41, 5.74) is 1.53. The highest BCUT2D eigenvalue weighted by atomic mass is 35.5. The average molecular weight is 416 g/mol. The molecule has 144 valence electrons. The van der Waals surface area contributed by atoms with Gasteiger partial charge in [0.15, 0.2) is 11.0 Å². The molecule has 0 fully saturated rings. The fraction of sp³-hybridized carbons (Fsp3) is 0.263. The highest BCUT2D eigenvalue weighted by Gasteiger charge is 2.19. The lowest BCUT2D eigenvalue weighted by Gasteiger charge is -2.21. The number of halogens is 1. The van der Waals surface area contributed by atoms with Gasteiger partial charge in [-0.25, -0.2) is 0 Å². The van der Waals surface area contributed by atoms with Crippen molar-refractivity contribution in [2.24, 2.45) is 7.05 Å². The predicted octanol–water partition coefficient (Wildman–Crippen LogP) is 4.08. The van der Waals surface area contributed by atoms with Crippen molar-refractivity contribution in [1.82, 2.24) is 14.8 Å². The van der Waals surface area contributed by atoms with Gasteiger partial charge in [-0.15, -0.1) is 10.2 Å². The van der Waals surface area contributed by atoms with Crippen LogP contribution >= 0.6 is 23.4 Å². The summed E-state index contributed by atoms with van der Waals surface area (Å²) in [4.78, 5) is 14.4. The number of hydrogen-bond acceptors (Lipinski definition) is 6. The molecule has 2 aromatic heterocycles. The van der Waals surface area contributed by atoms with E-state index in [0.29, 0.717) is 28.2 Å². The van der Waals surface area contributed by atoms with Gasteiger partial charge in [0.2, 0.25) is 5.91 Å². The molecule has 0 aliphatic heterocycles. The van der Waals surface area contributed by atoms with Gasteiger partial charge in [0.25, 0.3) is 0 Å². The molecule has 0 N–H and O–H groups in total. The van der Waals surface area contributed by atoms with Gasteiger partial charge in [-0.3, -0.25) is 4.79 Å². The van der Waals surface area contributed by atoms with Crippen molar-refractivity contribution >= 4 is 35.0 Å². The van der Waals surface area contributed by atoms with Gasteiger partial charge in [0, 0.05) is 24.3 Å². The number of anilines is 1. The average Bonchev–Trinajstić information content (AvgIpc) is 3.25. The van der Waals surface area contributed by atoms with Crippen LogP contribution in [0.1, 0.15) is 12.2 Å². The Morgan fingerprint density at radius 1 is 1.39 bits per heavy atom. The summed E-state index contributed by atoms with van der Waals surface area (Å²) in [5.74, 6) is 1.46. The maximum atomic E-state index is 12.8. The minimum atomic E-state index is -0.133. The van der Waals surface area contributed by atoms with Crippen LogP contribution in [-0.4, -0.2) is 33.0 Å². The first-order chi connectivity index (χ1) is 13.5. The van der Waals surface area contributed by atoms with Gasteiger partial charge in [0.1, 0.15) is 5.76 Å². The monoisotopic (exact) mass is 415 g/mol. The molecule has 7 nitrogen and oxygen atoms in total. The van der Waals surface area contributed by atoms with Gasteiger partial charge < -0.3 is 13.9 Å². The van der Waals surface area contributed by atoms with Gasteiger partial charge in [-0.05, 0) is 31.2 Å². The van der Waals surface area contributed by atoms with E-state index in [0.717, 1.165) is 11.3 Å². The quantitative estimate of drug-likeness (QED) is 0.540. The molecule has 0 atom stereocenters. The van der Waals surface area contributed by atoms with E-state index in [1.54, 1.807) is 35.4 Å². The molecule has 3 rings (SSSR count). The summed E-state index contributed by atoms with van der Waals surface area (Å²) in [6.07, 6.45) is 1.84. The normalized spacial score (nSPS) is 10.6. The lowest BCUT2D eigenvalue weighted by molar-refractivity contribution is -0.116. The van der Waals surface area contributed by atoms with E-state index < -0.39 is 0 Å². The number of furan rings is 1. The fourth-order valence-electron chi connectivity index (χ4n) is 2.70.